The monoisotopic (exact) mass is 281 g/mol. The molecular weight excluding hydrogens is 270 g/mol. The van der Waals surface area contributed by atoms with Crippen LogP contribution < -0.4 is 9.47 Å². The first kappa shape index (κ1) is 12.9. The highest BCUT2D eigenvalue weighted by Gasteiger charge is 2.13. The Hall–Kier alpha value is -3.14. The molecule has 0 saturated heterocycles. The molecule has 21 heavy (non-hydrogen) atoms. The van der Waals surface area contributed by atoms with Crippen molar-refractivity contribution in [3.05, 3.63) is 30.6 Å². The zero-order valence-electron chi connectivity index (χ0n) is 11.2. The van der Waals surface area contributed by atoms with E-state index in [4.69, 9.17) is 14.7 Å². The van der Waals surface area contributed by atoms with E-state index in [0.29, 0.717) is 34.2 Å². The molecule has 0 aliphatic rings. The van der Waals surface area contributed by atoms with Crippen LogP contribution in [0.15, 0.2) is 30.6 Å². The average molecular weight is 281 g/mol. The molecule has 0 bridgehead atoms. The lowest BCUT2D eigenvalue weighted by Gasteiger charge is -2.09. The van der Waals surface area contributed by atoms with E-state index in [1.54, 1.807) is 31.6 Å². The second-order valence-electron chi connectivity index (χ2n) is 4.12. The van der Waals surface area contributed by atoms with Crippen molar-refractivity contribution in [3.63, 3.8) is 0 Å². The summed E-state index contributed by atoms with van der Waals surface area (Å²) in [4.78, 5) is 15.7. The van der Waals surface area contributed by atoms with Gasteiger partial charge in [0.25, 0.3) is 0 Å². The molecule has 3 rings (SSSR count). The summed E-state index contributed by atoms with van der Waals surface area (Å²) in [5.41, 5.74) is 1.83. The van der Waals surface area contributed by atoms with Crippen molar-refractivity contribution >= 4 is 11.3 Å². The Balaban J connectivity index is 2.09. The molecule has 1 N–H and O–H groups in total. The van der Waals surface area contributed by atoms with Crippen molar-refractivity contribution in [3.8, 4) is 29.0 Å². The van der Waals surface area contributed by atoms with E-state index in [1.807, 2.05) is 12.1 Å². The Kier molecular flexibility index (Phi) is 3.35. The number of aromatic nitrogens is 4. The number of nitrogens with one attached hydrogen (secondary N) is 1. The maximum absolute atomic E-state index is 8.68. The third-order valence-electron chi connectivity index (χ3n) is 2.87. The molecule has 0 saturated carbocycles. The van der Waals surface area contributed by atoms with Crippen LogP contribution in [0.3, 0.4) is 0 Å². The molecule has 7 nitrogen and oxygen atoms in total. The predicted molar refractivity (Wildman–Crippen MR) is 74.8 cm³/mol. The summed E-state index contributed by atoms with van der Waals surface area (Å²) in [6.07, 6.45) is 3.17. The van der Waals surface area contributed by atoms with Crippen LogP contribution in [-0.2, 0) is 0 Å². The lowest BCUT2D eigenvalue weighted by atomic mass is 10.2. The predicted octanol–water partition coefficient (Wildman–Crippen LogP) is 1.93. The SMILES string of the molecule is COc1ccc(-c2nc3nccnc3[nH]2)c(OCC#N)c1. The van der Waals surface area contributed by atoms with Gasteiger partial charge in [-0.05, 0) is 12.1 Å². The van der Waals surface area contributed by atoms with Gasteiger partial charge in [-0.3, -0.25) is 0 Å². The zero-order valence-corrected chi connectivity index (χ0v) is 11.2. The number of imidazole rings is 1. The van der Waals surface area contributed by atoms with Crippen LogP contribution in [0.4, 0.5) is 0 Å². The first-order valence-electron chi connectivity index (χ1n) is 6.16. The van der Waals surface area contributed by atoms with Gasteiger partial charge in [0.05, 0.1) is 12.7 Å². The normalized spacial score (nSPS) is 10.3. The van der Waals surface area contributed by atoms with Gasteiger partial charge in [-0.15, -0.1) is 0 Å². The lowest BCUT2D eigenvalue weighted by molar-refractivity contribution is 0.362. The molecule has 0 fully saturated rings. The minimum atomic E-state index is -0.0586. The highest BCUT2D eigenvalue weighted by molar-refractivity contribution is 5.75. The summed E-state index contributed by atoms with van der Waals surface area (Å²) in [6.45, 7) is -0.0586. The number of hydrogen-bond acceptors (Lipinski definition) is 6. The maximum Gasteiger partial charge on any atom is 0.197 e. The van der Waals surface area contributed by atoms with Crippen molar-refractivity contribution in [2.24, 2.45) is 0 Å². The summed E-state index contributed by atoms with van der Waals surface area (Å²) in [5.74, 6) is 1.72. The summed E-state index contributed by atoms with van der Waals surface area (Å²) in [5, 5.41) is 8.68. The van der Waals surface area contributed by atoms with Gasteiger partial charge in [0.1, 0.15) is 23.4 Å². The Morgan fingerprint density at radius 1 is 1.29 bits per heavy atom. The molecule has 3 aromatic rings. The van der Waals surface area contributed by atoms with Gasteiger partial charge in [0.2, 0.25) is 0 Å². The number of benzene rings is 1. The fourth-order valence-corrected chi connectivity index (χ4v) is 1.93. The highest BCUT2D eigenvalue weighted by Crippen LogP contribution is 2.32. The van der Waals surface area contributed by atoms with E-state index in [1.165, 1.54) is 0 Å². The molecule has 0 spiro atoms. The summed E-state index contributed by atoms with van der Waals surface area (Å²) in [7, 11) is 1.57. The second kappa shape index (κ2) is 5.46. The van der Waals surface area contributed by atoms with E-state index < -0.39 is 0 Å². The van der Waals surface area contributed by atoms with Crippen molar-refractivity contribution in [1.29, 1.82) is 5.26 Å². The van der Waals surface area contributed by atoms with Gasteiger partial charge in [0, 0.05) is 18.5 Å². The second-order valence-corrected chi connectivity index (χ2v) is 4.12. The van der Waals surface area contributed by atoms with E-state index in [9.17, 15) is 0 Å². The standard InChI is InChI=1S/C14H11N5O2/c1-20-9-2-3-10(11(8-9)21-7-4-15)12-18-13-14(19-12)17-6-5-16-13/h2-3,5-6,8H,7H2,1H3,(H,16,17,18,19). The molecular formula is C14H11N5O2. The van der Waals surface area contributed by atoms with E-state index >= 15 is 0 Å². The summed E-state index contributed by atoms with van der Waals surface area (Å²) < 4.78 is 10.6. The smallest absolute Gasteiger partial charge is 0.197 e. The van der Waals surface area contributed by atoms with Gasteiger partial charge in [-0.25, -0.2) is 15.0 Å². The van der Waals surface area contributed by atoms with Gasteiger partial charge in [0.15, 0.2) is 17.9 Å². The third kappa shape index (κ3) is 2.47. The Morgan fingerprint density at radius 2 is 2.14 bits per heavy atom. The number of hydrogen-bond donors (Lipinski definition) is 1. The number of ether oxygens (including phenoxy) is 2. The molecule has 1 aromatic carbocycles. The van der Waals surface area contributed by atoms with Crippen molar-refractivity contribution in [2.45, 2.75) is 0 Å². The topological polar surface area (TPSA) is 96.7 Å². The Bertz CT molecular complexity index is 789. The largest absolute Gasteiger partial charge is 0.497 e. The highest BCUT2D eigenvalue weighted by atomic mass is 16.5. The summed E-state index contributed by atoms with van der Waals surface area (Å²) in [6, 6.07) is 7.25. The maximum atomic E-state index is 8.68. The molecule has 0 aliphatic heterocycles. The molecule has 0 amide bonds. The average Bonchev–Trinajstić information content (AvgIpc) is 2.96. The van der Waals surface area contributed by atoms with Crippen LogP contribution in [0.2, 0.25) is 0 Å². The summed E-state index contributed by atoms with van der Waals surface area (Å²) >= 11 is 0. The van der Waals surface area contributed by atoms with Crippen LogP contribution >= 0.6 is 0 Å². The molecule has 7 heteroatoms. The number of fused-ring (bicyclic) bond motifs is 1. The van der Waals surface area contributed by atoms with E-state index in [-0.39, 0.29) is 6.61 Å². The zero-order chi connectivity index (χ0) is 14.7. The van der Waals surface area contributed by atoms with Crippen molar-refractivity contribution < 1.29 is 9.47 Å². The lowest BCUT2D eigenvalue weighted by Crippen LogP contribution is -1.97. The fraction of sp³-hybridized carbons (Fsp3) is 0.143. The van der Waals surface area contributed by atoms with Gasteiger partial charge < -0.3 is 14.5 Å². The number of nitriles is 1. The van der Waals surface area contributed by atoms with Gasteiger partial charge in [-0.2, -0.15) is 5.26 Å². The first-order chi connectivity index (χ1) is 10.3. The van der Waals surface area contributed by atoms with Crippen LogP contribution in [0.25, 0.3) is 22.7 Å². The number of rotatable bonds is 4. The van der Waals surface area contributed by atoms with E-state index in [0.717, 1.165) is 0 Å². The Morgan fingerprint density at radius 3 is 2.90 bits per heavy atom. The molecule has 2 heterocycles. The van der Waals surface area contributed by atoms with Crippen molar-refractivity contribution in [1.82, 2.24) is 19.9 Å². The minimum absolute atomic E-state index is 0.0586. The van der Waals surface area contributed by atoms with Crippen molar-refractivity contribution in [2.75, 3.05) is 13.7 Å². The third-order valence-corrected chi connectivity index (χ3v) is 2.87. The molecule has 104 valence electrons. The quantitative estimate of drug-likeness (QED) is 0.784. The number of methoxy groups -OCH3 is 1. The number of aromatic amines is 1. The van der Waals surface area contributed by atoms with Crippen LogP contribution in [0.5, 0.6) is 11.5 Å². The molecule has 0 aliphatic carbocycles. The van der Waals surface area contributed by atoms with Gasteiger partial charge >= 0.3 is 0 Å². The minimum Gasteiger partial charge on any atom is -0.497 e. The fourth-order valence-electron chi connectivity index (χ4n) is 1.93. The van der Waals surface area contributed by atoms with Gasteiger partial charge in [-0.1, -0.05) is 0 Å². The molecule has 0 unspecified atom stereocenters. The van der Waals surface area contributed by atoms with E-state index in [2.05, 4.69) is 19.9 Å². The number of nitrogens with zero attached hydrogens (tertiary/aromatic N) is 4. The van der Waals surface area contributed by atoms with Crippen LogP contribution in [0, 0.1) is 11.3 Å². The first-order valence-corrected chi connectivity index (χ1v) is 6.16. The van der Waals surface area contributed by atoms with Crippen LogP contribution in [0.1, 0.15) is 0 Å². The Labute approximate surface area is 120 Å². The molecule has 0 atom stereocenters. The molecule has 0 radical (unpaired) electrons. The van der Waals surface area contributed by atoms with Crippen LogP contribution in [-0.4, -0.2) is 33.7 Å². The number of H-pyrrole nitrogens is 1. The molecule has 2 aromatic heterocycles.